The number of aromatic nitrogens is 1. The standard InChI is InChI=1S/C18H19FN4/c19-17-6-4-15(5-7-17)14-22-9-2-10-23(12-11-22)18-16(13-20)3-1-8-21-18/h1,3-8H,2,9-12,14H2. The van der Waals surface area contributed by atoms with Gasteiger partial charge in [-0.05, 0) is 36.2 Å². The van der Waals surface area contributed by atoms with E-state index in [-0.39, 0.29) is 5.82 Å². The minimum Gasteiger partial charge on any atom is -0.354 e. The Kier molecular flexibility index (Phi) is 4.84. The highest BCUT2D eigenvalue weighted by Crippen LogP contribution is 2.19. The van der Waals surface area contributed by atoms with E-state index in [0.29, 0.717) is 5.56 Å². The van der Waals surface area contributed by atoms with Gasteiger partial charge in [0, 0.05) is 38.9 Å². The molecule has 0 aliphatic carbocycles. The van der Waals surface area contributed by atoms with Gasteiger partial charge in [-0.2, -0.15) is 5.26 Å². The molecule has 1 fully saturated rings. The molecule has 2 aromatic rings. The number of nitrogens with zero attached hydrogens (tertiary/aromatic N) is 4. The lowest BCUT2D eigenvalue weighted by Gasteiger charge is -2.23. The van der Waals surface area contributed by atoms with Crippen LogP contribution in [0.2, 0.25) is 0 Å². The summed E-state index contributed by atoms with van der Waals surface area (Å²) in [7, 11) is 0. The van der Waals surface area contributed by atoms with Crippen molar-refractivity contribution in [3.8, 4) is 6.07 Å². The zero-order chi connectivity index (χ0) is 16.1. The Balaban J connectivity index is 1.65. The van der Waals surface area contributed by atoms with E-state index in [9.17, 15) is 9.65 Å². The quantitative estimate of drug-likeness (QED) is 0.874. The van der Waals surface area contributed by atoms with Gasteiger partial charge >= 0.3 is 0 Å². The fourth-order valence-electron chi connectivity index (χ4n) is 2.93. The summed E-state index contributed by atoms with van der Waals surface area (Å²) in [5.74, 6) is 0.577. The summed E-state index contributed by atoms with van der Waals surface area (Å²) in [6, 6.07) is 12.5. The zero-order valence-corrected chi connectivity index (χ0v) is 13.0. The second-order valence-corrected chi connectivity index (χ2v) is 5.73. The largest absolute Gasteiger partial charge is 0.354 e. The molecular formula is C18H19FN4. The van der Waals surface area contributed by atoms with Crippen molar-refractivity contribution in [3.63, 3.8) is 0 Å². The van der Waals surface area contributed by atoms with Crippen LogP contribution < -0.4 is 4.90 Å². The summed E-state index contributed by atoms with van der Waals surface area (Å²) in [5, 5.41) is 9.23. The molecule has 0 radical (unpaired) electrons. The lowest BCUT2D eigenvalue weighted by molar-refractivity contribution is 0.285. The highest BCUT2D eigenvalue weighted by Gasteiger charge is 2.18. The number of benzene rings is 1. The maximum Gasteiger partial charge on any atom is 0.146 e. The van der Waals surface area contributed by atoms with E-state index in [2.05, 4.69) is 20.9 Å². The van der Waals surface area contributed by atoms with Crippen LogP contribution in [0, 0.1) is 17.1 Å². The molecule has 1 saturated heterocycles. The van der Waals surface area contributed by atoms with Gasteiger partial charge in [-0.25, -0.2) is 9.37 Å². The first-order valence-electron chi connectivity index (χ1n) is 7.83. The molecule has 1 aliphatic rings. The van der Waals surface area contributed by atoms with Gasteiger partial charge in [0.1, 0.15) is 17.7 Å². The summed E-state index contributed by atoms with van der Waals surface area (Å²) in [5.41, 5.74) is 1.75. The SMILES string of the molecule is N#Cc1cccnc1N1CCCN(Cc2ccc(F)cc2)CC1. The van der Waals surface area contributed by atoms with Crippen molar-refractivity contribution in [3.05, 3.63) is 59.5 Å². The van der Waals surface area contributed by atoms with Gasteiger partial charge in [-0.3, -0.25) is 4.90 Å². The molecule has 4 nitrogen and oxygen atoms in total. The lowest BCUT2D eigenvalue weighted by atomic mass is 10.2. The van der Waals surface area contributed by atoms with Crippen LogP contribution in [0.3, 0.4) is 0 Å². The van der Waals surface area contributed by atoms with Crippen LogP contribution in [-0.4, -0.2) is 36.1 Å². The van der Waals surface area contributed by atoms with Crippen LogP contribution in [0.4, 0.5) is 10.2 Å². The van der Waals surface area contributed by atoms with Gasteiger partial charge in [-0.1, -0.05) is 12.1 Å². The van der Waals surface area contributed by atoms with Gasteiger partial charge < -0.3 is 4.90 Å². The van der Waals surface area contributed by atoms with E-state index in [1.165, 1.54) is 12.1 Å². The van der Waals surface area contributed by atoms with E-state index in [1.54, 1.807) is 12.3 Å². The average molecular weight is 310 g/mol. The van der Waals surface area contributed by atoms with Gasteiger partial charge in [-0.15, -0.1) is 0 Å². The maximum absolute atomic E-state index is 13.0. The topological polar surface area (TPSA) is 43.2 Å². The molecule has 1 aliphatic heterocycles. The van der Waals surface area contributed by atoms with E-state index >= 15 is 0 Å². The van der Waals surface area contributed by atoms with Crippen molar-refractivity contribution in [1.29, 1.82) is 5.26 Å². The molecule has 5 heteroatoms. The molecule has 1 aromatic heterocycles. The van der Waals surface area contributed by atoms with E-state index in [0.717, 1.165) is 50.5 Å². The molecular weight excluding hydrogens is 291 g/mol. The number of pyridine rings is 1. The van der Waals surface area contributed by atoms with Crippen molar-refractivity contribution >= 4 is 5.82 Å². The molecule has 0 unspecified atom stereocenters. The monoisotopic (exact) mass is 310 g/mol. The molecule has 23 heavy (non-hydrogen) atoms. The Bertz CT molecular complexity index is 693. The Labute approximate surface area is 135 Å². The van der Waals surface area contributed by atoms with Crippen LogP contribution in [0.5, 0.6) is 0 Å². The van der Waals surface area contributed by atoms with Crippen LogP contribution in [0.25, 0.3) is 0 Å². The maximum atomic E-state index is 13.0. The van der Waals surface area contributed by atoms with Crippen molar-refractivity contribution in [2.45, 2.75) is 13.0 Å². The van der Waals surface area contributed by atoms with E-state index in [4.69, 9.17) is 0 Å². The summed E-state index contributed by atoms with van der Waals surface area (Å²) in [6.07, 6.45) is 2.75. The number of halogens is 1. The fourth-order valence-corrected chi connectivity index (χ4v) is 2.93. The average Bonchev–Trinajstić information content (AvgIpc) is 2.82. The molecule has 0 saturated carbocycles. The number of hydrogen-bond acceptors (Lipinski definition) is 4. The highest BCUT2D eigenvalue weighted by atomic mass is 19.1. The van der Waals surface area contributed by atoms with Crippen LogP contribution in [0.1, 0.15) is 17.5 Å². The Morgan fingerprint density at radius 3 is 2.70 bits per heavy atom. The van der Waals surface area contributed by atoms with Crippen LogP contribution in [0.15, 0.2) is 42.6 Å². The zero-order valence-electron chi connectivity index (χ0n) is 13.0. The Hall–Kier alpha value is -2.45. The Morgan fingerprint density at radius 1 is 1.09 bits per heavy atom. The molecule has 1 aromatic carbocycles. The second-order valence-electron chi connectivity index (χ2n) is 5.73. The van der Waals surface area contributed by atoms with Crippen LogP contribution in [-0.2, 0) is 6.54 Å². The van der Waals surface area contributed by atoms with Crippen molar-refractivity contribution in [1.82, 2.24) is 9.88 Å². The third-order valence-corrected chi connectivity index (χ3v) is 4.11. The lowest BCUT2D eigenvalue weighted by Crippen LogP contribution is -2.31. The molecule has 3 rings (SSSR count). The predicted molar refractivity (Wildman–Crippen MR) is 87.5 cm³/mol. The minimum atomic E-state index is -0.199. The summed E-state index contributed by atoms with van der Waals surface area (Å²) in [4.78, 5) is 8.92. The molecule has 0 spiro atoms. The Morgan fingerprint density at radius 2 is 1.91 bits per heavy atom. The van der Waals surface area contributed by atoms with Crippen molar-refractivity contribution in [2.24, 2.45) is 0 Å². The second kappa shape index (κ2) is 7.21. The predicted octanol–water partition coefficient (Wildman–Crippen LogP) is 2.80. The molecule has 118 valence electrons. The molecule has 0 bridgehead atoms. The number of hydrogen-bond donors (Lipinski definition) is 0. The fraction of sp³-hybridized carbons (Fsp3) is 0.333. The first-order valence-corrected chi connectivity index (χ1v) is 7.83. The van der Waals surface area contributed by atoms with Crippen LogP contribution >= 0.6 is 0 Å². The molecule has 0 atom stereocenters. The van der Waals surface area contributed by atoms with Crippen molar-refractivity contribution in [2.75, 3.05) is 31.1 Å². The molecule has 0 N–H and O–H groups in total. The number of nitriles is 1. The van der Waals surface area contributed by atoms with E-state index in [1.807, 2.05) is 18.2 Å². The summed E-state index contributed by atoms with van der Waals surface area (Å²) in [6.45, 7) is 4.45. The van der Waals surface area contributed by atoms with Gasteiger partial charge in [0.25, 0.3) is 0 Å². The smallest absolute Gasteiger partial charge is 0.146 e. The first-order chi connectivity index (χ1) is 11.3. The third kappa shape index (κ3) is 3.85. The van der Waals surface area contributed by atoms with Gasteiger partial charge in [0.2, 0.25) is 0 Å². The summed E-state index contributed by atoms with van der Waals surface area (Å²) < 4.78 is 13.0. The molecule has 0 amide bonds. The number of rotatable bonds is 3. The highest BCUT2D eigenvalue weighted by molar-refractivity contribution is 5.53. The first kappa shape index (κ1) is 15.4. The van der Waals surface area contributed by atoms with Gasteiger partial charge in [0.15, 0.2) is 0 Å². The number of anilines is 1. The molecule has 2 heterocycles. The normalized spacial score (nSPS) is 15.9. The van der Waals surface area contributed by atoms with E-state index < -0.39 is 0 Å². The van der Waals surface area contributed by atoms with Crippen molar-refractivity contribution < 1.29 is 4.39 Å². The summed E-state index contributed by atoms with van der Waals surface area (Å²) >= 11 is 0. The third-order valence-electron chi connectivity index (χ3n) is 4.11. The minimum absolute atomic E-state index is 0.199. The van der Waals surface area contributed by atoms with Gasteiger partial charge in [0.05, 0.1) is 5.56 Å².